The molecular weight excluding hydrogens is 322 g/mol. The van der Waals surface area contributed by atoms with Gasteiger partial charge >= 0.3 is 0 Å². The van der Waals surface area contributed by atoms with Crippen LogP contribution in [0.1, 0.15) is 63.9 Å². The van der Waals surface area contributed by atoms with Gasteiger partial charge in [0.05, 0.1) is 6.61 Å². The Labute approximate surface area is 157 Å². The van der Waals surface area contributed by atoms with Gasteiger partial charge in [0.2, 0.25) is 0 Å². The molecule has 0 saturated heterocycles. The second-order valence-electron chi connectivity index (χ2n) is 8.62. The Bertz CT molecular complexity index is 443. The van der Waals surface area contributed by atoms with Crippen molar-refractivity contribution >= 4 is 8.24 Å². The van der Waals surface area contributed by atoms with Gasteiger partial charge in [0.15, 0.2) is 0 Å². The molecule has 0 aliphatic heterocycles. The van der Waals surface area contributed by atoms with E-state index in [0.717, 1.165) is 13.0 Å². The minimum Gasteiger partial charge on any atom is -0.383 e. The number of benzene rings is 1. The molecule has 0 aliphatic carbocycles. The molecule has 0 bridgehead atoms. The largest absolute Gasteiger partial charge is 0.383 e. The van der Waals surface area contributed by atoms with Crippen molar-refractivity contribution in [3.8, 4) is 0 Å². The second-order valence-corrected chi connectivity index (χ2v) is 13.4. The molecule has 1 N–H and O–H groups in total. The Morgan fingerprint density at radius 1 is 0.920 bits per heavy atom. The number of hydrogen-bond donors (Lipinski definition) is 1. The predicted octanol–water partition coefficient (Wildman–Crippen LogP) is 6.18. The number of unbranched alkanes of at least 4 members (excludes halogenated alkanes) is 6. The van der Waals surface area contributed by atoms with Gasteiger partial charge in [-0.1, -0.05) is 102 Å². The molecule has 0 amide bonds. The maximum atomic E-state index is 5.70. The summed E-state index contributed by atoms with van der Waals surface area (Å²) in [7, 11) is 0.444. The van der Waals surface area contributed by atoms with Crippen LogP contribution in [0.2, 0.25) is 19.6 Å². The van der Waals surface area contributed by atoms with Gasteiger partial charge in [0.25, 0.3) is 0 Å². The standard InChI is InChI=1S/C22H41NOSi/c1-6-7-8-9-10-11-15-18-22(20-24-2,23-25(3,4)5)19-21-16-13-12-14-17-21/h12-14,16-17,23H,6-11,15,18-20H2,1-5H3. The molecule has 0 heterocycles. The molecule has 1 aromatic carbocycles. The first-order valence-corrected chi connectivity index (χ1v) is 13.7. The van der Waals surface area contributed by atoms with Gasteiger partial charge < -0.3 is 9.72 Å². The lowest BCUT2D eigenvalue weighted by Crippen LogP contribution is -2.60. The van der Waals surface area contributed by atoms with Crippen molar-refractivity contribution in [2.45, 2.75) is 89.9 Å². The minimum atomic E-state index is -1.40. The molecule has 0 saturated carbocycles. The third kappa shape index (κ3) is 10.2. The fourth-order valence-electron chi connectivity index (χ4n) is 3.83. The number of hydrogen-bond acceptors (Lipinski definition) is 2. The topological polar surface area (TPSA) is 21.3 Å². The Morgan fingerprint density at radius 3 is 2.08 bits per heavy atom. The fourth-order valence-corrected chi connectivity index (χ4v) is 5.71. The van der Waals surface area contributed by atoms with Crippen LogP contribution in [-0.4, -0.2) is 27.5 Å². The summed E-state index contributed by atoms with van der Waals surface area (Å²) in [5.74, 6) is 0. The number of ether oxygens (including phenoxy) is 1. The first-order valence-electron chi connectivity index (χ1n) is 10.2. The molecule has 1 rings (SSSR count). The highest BCUT2D eigenvalue weighted by Gasteiger charge is 2.34. The summed E-state index contributed by atoms with van der Waals surface area (Å²) in [6, 6.07) is 10.9. The quantitative estimate of drug-likeness (QED) is 0.315. The van der Waals surface area contributed by atoms with E-state index in [1.54, 1.807) is 0 Å². The molecule has 0 spiro atoms. The minimum absolute atomic E-state index is 0.0734. The second kappa shape index (κ2) is 11.9. The first kappa shape index (κ1) is 22.4. The summed E-state index contributed by atoms with van der Waals surface area (Å²) < 4.78 is 5.70. The van der Waals surface area contributed by atoms with Crippen LogP contribution in [0, 0.1) is 0 Å². The van der Waals surface area contributed by atoms with Crippen molar-refractivity contribution in [2.75, 3.05) is 13.7 Å². The van der Waals surface area contributed by atoms with Crippen LogP contribution in [0.5, 0.6) is 0 Å². The molecule has 3 heteroatoms. The Kier molecular flexibility index (Phi) is 10.6. The lowest BCUT2D eigenvalue weighted by atomic mass is 9.87. The highest BCUT2D eigenvalue weighted by atomic mass is 28.3. The zero-order valence-electron chi connectivity index (χ0n) is 17.4. The van der Waals surface area contributed by atoms with Crippen LogP contribution >= 0.6 is 0 Å². The van der Waals surface area contributed by atoms with Crippen LogP contribution in [0.4, 0.5) is 0 Å². The number of methoxy groups -OCH3 is 1. The summed E-state index contributed by atoms with van der Waals surface area (Å²) in [5.41, 5.74) is 1.48. The van der Waals surface area contributed by atoms with E-state index < -0.39 is 8.24 Å². The van der Waals surface area contributed by atoms with E-state index in [9.17, 15) is 0 Å². The molecule has 0 aliphatic rings. The molecule has 2 nitrogen and oxygen atoms in total. The lowest BCUT2D eigenvalue weighted by Gasteiger charge is -2.40. The maximum absolute atomic E-state index is 5.70. The molecule has 1 aromatic rings. The van der Waals surface area contributed by atoms with Gasteiger partial charge in [-0.15, -0.1) is 0 Å². The van der Waals surface area contributed by atoms with Crippen LogP contribution in [0.3, 0.4) is 0 Å². The third-order valence-corrected chi connectivity index (χ3v) is 5.99. The van der Waals surface area contributed by atoms with Crippen molar-refractivity contribution in [1.29, 1.82) is 0 Å². The zero-order valence-corrected chi connectivity index (χ0v) is 18.4. The molecule has 1 unspecified atom stereocenters. The normalized spacial score (nSPS) is 14.4. The zero-order chi connectivity index (χ0) is 18.6. The Balaban J connectivity index is 2.68. The van der Waals surface area contributed by atoms with Crippen LogP contribution < -0.4 is 4.98 Å². The van der Waals surface area contributed by atoms with Gasteiger partial charge in [0, 0.05) is 12.6 Å². The van der Waals surface area contributed by atoms with E-state index in [1.165, 1.54) is 56.9 Å². The third-order valence-electron chi connectivity index (χ3n) is 4.71. The van der Waals surface area contributed by atoms with E-state index in [0.29, 0.717) is 0 Å². The predicted molar refractivity (Wildman–Crippen MR) is 114 cm³/mol. The highest BCUT2D eigenvalue weighted by Crippen LogP contribution is 2.24. The summed E-state index contributed by atoms with van der Waals surface area (Å²) in [5, 5.41) is 0. The van der Waals surface area contributed by atoms with Crippen molar-refractivity contribution in [2.24, 2.45) is 0 Å². The molecule has 25 heavy (non-hydrogen) atoms. The van der Waals surface area contributed by atoms with Gasteiger partial charge in [-0.2, -0.15) is 0 Å². The maximum Gasteiger partial charge on any atom is 0.116 e. The van der Waals surface area contributed by atoms with E-state index in [4.69, 9.17) is 4.74 Å². The van der Waals surface area contributed by atoms with Crippen molar-refractivity contribution < 1.29 is 4.74 Å². The summed E-state index contributed by atoms with van der Waals surface area (Å²) in [4.78, 5) is 4.04. The van der Waals surface area contributed by atoms with Crippen LogP contribution in [0.15, 0.2) is 30.3 Å². The fraction of sp³-hybridized carbons (Fsp3) is 0.727. The molecule has 1 atom stereocenters. The van der Waals surface area contributed by atoms with E-state index >= 15 is 0 Å². The smallest absolute Gasteiger partial charge is 0.116 e. The molecule has 0 aromatic heterocycles. The lowest BCUT2D eigenvalue weighted by molar-refractivity contribution is 0.113. The highest BCUT2D eigenvalue weighted by molar-refractivity contribution is 6.73. The van der Waals surface area contributed by atoms with Crippen molar-refractivity contribution in [3.05, 3.63) is 35.9 Å². The van der Waals surface area contributed by atoms with Gasteiger partial charge in [-0.3, -0.25) is 0 Å². The molecule has 0 radical (unpaired) electrons. The van der Waals surface area contributed by atoms with E-state index in [1.807, 2.05) is 7.11 Å². The van der Waals surface area contributed by atoms with Crippen molar-refractivity contribution in [1.82, 2.24) is 4.98 Å². The molecular formula is C22H41NOSi. The van der Waals surface area contributed by atoms with Crippen LogP contribution in [-0.2, 0) is 11.2 Å². The van der Waals surface area contributed by atoms with Crippen molar-refractivity contribution in [3.63, 3.8) is 0 Å². The summed E-state index contributed by atoms with van der Waals surface area (Å²) in [6.45, 7) is 10.3. The van der Waals surface area contributed by atoms with Gasteiger partial charge in [0.1, 0.15) is 8.24 Å². The van der Waals surface area contributed by atoms with Gasteiger partial charge in [-0.25, -0.2) is 0 Å². The number of nitrogens with one attached hydrogen (secondary N) is 1. The SMILES string of the molecule is CCCCCCCCCC(COC)(Cc1ccccc1)N[Si](C)(C)C. The Morgan fingerprint density at radius 2 is 1.52 bits per heavy atom. The molecule has 0 fully saturated rings. The van der Waals surface area contributed by atoms with Gasteiger partial charge in [-0.05, 0) is 18.4 Å². The summed E-state index contributed by atoms with van der Waals surface area (Å²) >= 11 is 0. The van der Waals surface area contributed by atoms with E-state index in [2.05, 4.69) is 61.9 Å². The molecule has 144 valence electrons. The average molecular weight is 364 g/mol. The average Bonchev–Trinajstić information content (AvgIpc) is 2.53. The monoisotopic (exact) mass is 363 g/mol. The Hall–Kier alpha value is -0.643. The van der Waals surface area contributed by atoms with Crippen LogP contribution in [0.25, 0.3) is 0 Å². The first-order chi connectivity index (χ1) is 11.9. The van der Waals surface area contributed by atoms with E-state index in [-0.39, 0.29) is 5.54 Å². The number of rotatable bonds is 14. The summed E-state index contributed by atoms with van der Waals surface area (Å²) in [6.07, 6.45) is 11.8.